The van der Waals surface area contributed by atoms with Crippen molar-refractivity contribution in [3.05, 3.63) is 33.7 Å². The van der Waals surface area contributed by atoms with Crippen molar-refractivity contribution < 1.29 is 9.90 Å². The summed E-state index contributed by atoms with van der Waals surface area (Å²) in [6.45, 7) is 0.150. The number of aromatic nitrogens is 2. The number of nitrogens with one attached hydrogen (secondary N) is 1. The van der Waals surface area contributed by atoms with Crippen LogP contribution in [0.5, 0.6) is 0 Å². The summed E-state index contributed by atoms with van der Waals surface area (Å²) in [5, 5.41) is 13.9. The summed E-state index contributed by atoms with van der Waals surface area (Å²) in [5.74, 6) is -0.140. The van der Waals surface area contributed by atoms with Crippen LogP contribution in [0, 0.1) is 5.92 Å². The Labute approximate surface area is 125 Å². The van der Waals surface area contributed by atoms with Crippen LogP contribution in [0.4, 0.5) is 0 Å². The van der Waals surface area contributed by atoms with Gasteiger partial charge in [0.25, 0.3) is 11.5 Å². The third-order valence-electron chi connectivity index (χ3n) is 3.96. The summed E-state index contributed by atoms with van der Waals surface area (Å²) in [4.78, 5) is 29.2. The molecule has 2 heterocycles. The lowest BCUT2D eigenvalue weighted by Crippen LogP contribution is -2.41. The summed E-state index contributed by atoms with van der Waals surface area (Å²) < 4.78 is 1.39. The van der Waals surface area contributed by atoms with Gasteiger partial charge in [0, 0.05) is 30.4 Å². The van der Waals surface area contributed by atoms with Crippen LogP contribution in [0.2, 0.25) is 0 Å². The van der Waals surface area contributed by atoms with Crippen molar-refractivity contribution in [2.75, 3.05) is 6.61 Å². The fourth-order valence-electron chi connectivity index (χ4n) is 2.83. The molecule has 0 radical (unpaired) electrons. The first kappa shape index (κ1) is 14.2. The van der Waals surface area contributed by atoms with Crippen molar-refractivity contribution in [2.45, 2.75) is 31.7 Å². The first-order valence-electron chi connectivity index (χ1n) is 7.05. The maximum atomic E-state index is 12.3. The van der Waals surface area contributed by atoms with Gasteiger partial charge in [0.1, 0.15) is 5.56 Å². The molecule has 0 unspecified atom stereocenters. The highest BCUT2D eigenvalue weighted by molar-refractivity contribution is 7.15. The predicted molar refractivity (Wildman–Crippen MR) is 79.6 cm³/mol. The molecule has 1 aliphatic carbocycles. The van der Waals surface area contributed by atoms with Crippen LogP contribution < -0.4 is 10.9 Å². The second-order valence-corrected chi connectivity index (χ2v) is 6.29. The summed E-state index contributed by atoms with van der Waals surface area (Å²) >= 11 is 1.35. The van der Waals surface area contributed by atoms with Crippen LogP contribution in [0.25, 0.3) is 4.96 Å². The zero-order valence-corrected chi connectivity index (χ0v) is 12.3. The number of amides is 1. The zero-order chi connectivity index (χ0) is 14.8. The van der Waals surface area contributed by atoms with Gasteiger partial charge in [0.05, 0.1) is 0 Å². The molecule has 1 fully saturated rings. The third-order valence-corrected chi connectivity index (χ3v) is 4.73. The van der Waals surface area contributed by atoms with Crippen molar-refractivity contribution >= 4 is 22.2 Å². The SMILES string of the molecule is O=C(N[C@@H]1CCC[C@@H](CO)C1)c1cnc2sccn2c1=O. The molecule has 7 heteroatoms. The lowest BCUT2D eigenvalue weighted by molar-refractivity contribution is 0.0904. The summed E-state index contributed by atoms with van der Waals surface area (Å²) in [6.07, 6.45) is 6.59. The van der Waals surface area contributed by atoms with E-state index >= 15 is 0 Å². The average Bonchev–Trinajstić information content (AvgIpc) is 2.97. The first-order valence-corrected chi connectivity index (χ1v) is 7.93. The van der Waals surface area contributed by atoms with Crippen LogP contribution in [0.3, 0.4) is 0 Å². The van der Waals surface area contributed by atoms with E-state index in [2.05, 4.69) is 10.3 Å². The van der Waals surface area contributed by atoms with E-state index in [4.69, 9.17) is 0 Å². The Bertz CT molecular complexity index is 709. The molecule has 2 atom stereocenters. The molecule has 2 aromatic heterocycles. The summed E-state index contributed by atoms with van der Waals surface area (Å²) in [6, 6.07) is 0.0194. The number of rotatable bonds is 3. The maximum Gasteiger partial charge on any atom is 0.271 e. The molecule has 0 aliphatic heterocycles. The van der Waals surface area contributed by atoms with Gasteiger partial charge < -0.3 is 10.4 Å². The van der Waals surface area contributed by atoms with Crippen molar-refractivity contribution in [3.8, 4) is 0 Å². The van der Waals surface area contributed by atoms with Crippen molar-refractivity contribution in [2.24, 2.45) is 5.92 Å². The van der Waals surface area contributed by atoms with Gasteiger partial charge in [0.15, 0.2) is 4.96 Å². The van der Waals surface area contributed by atoms with Gasteiger partial charge in [-0.05, 0) is 25.2 Å². The normalized spacial score (nSPS) is 22.3. The molecular weight excluding hydrogens is 290 g/mol. The first-order chi connectivity index (χ1) is 10.2. The molecule has 1 aliphatic rings. The van der Waals surface area contributed by atoms with Crippen LogP contribution >= 0.6 is 11.3 Å². The highest BCUT2D eigenvalue weighted by Crippen LogP contribution is 2.23. The van der Waals surface area contributed by atoms with Crippen LogP contribution in [-0.4, -0.2) is 33.0 Å². The molecule has 0 spiro atoms. The van der Waals surface area contributed by atoms with Crippen LogP contribution in [0.1, 0.15) is 36.0 Å². The van der Waals surface area contributed by atoms with E-state index in [1.807, 2.05) is 0 Å². The Kier molecular flexibility index (Phi) is 4.03. The Morgan fingerprint density at radius 2 is 2.38 bits per heavy atom. The third kappa shape index (κ3) is 2.84. The number of aliphatic hydroxyl groups excluding tert-OH is 1. The van der Waals surface area contributed by atoms with Crippen molar-refractivity contribution in [1.82, 2.24) is 14.7 Å². The monoisotopic (exact) mass is 307 g/mol. The quantitative estimate of drug-likeness (QED) is 0.887. The minimum atomic E-state index is -0.378. The highest BCUT2D eigenvalue weighted by Gasteiger charge is 2.24. The lowest BCUT2D eigenvalue weighted by atomic mass is 9.86. The number of carbonyl (C=O) groups is 1. The van der Waals surface area contributed by atoms with E-state index in [0.29, 0.717) is 4.96 Å². The van der Waals surface area contributed by atoms with E-state index < -0.39 is 0 Å². The van der Waals surface area contributed by atoms with Crippen LogP contribution in [0.15, 0.2) is 22.6 Å². The van der Waals surface area contributed by atoms with Gasteiger partial charge in [-0.3, -0.25) is 14.0 Å². The fraction of sp³-hybridized carbons (Fsp3) is 0.500. The van der Waals surface area contributed by atoms with Gasteiger partial charge in [-0.2, -0.15) is 0 Å². The molecule has 0 bridgehead atoms. The van der Waals surface area contributed by atoms with Crippen molar-refractivity contribution in [3.63, 3.8) is 0 Å². The Morgan fingerprint density at radius 1 is 1.52 bits per heavy atom. The van der Waals surface area contributed by atoms with E-state index in [0.717, 1.165) is 25.7 Å². The molecule has 1 amide bonds. The number of fused-ring (bicyclic) bond motifs is 1. The van der Waals surface area contributed by atoms with E-state index in [1.54, 1.807) is 11.6 Å². The predicted octanol–water partition coefficient (Wildman–Crippen LogP) is 1.04. The van der Waals surface area contributed by atoms with E-state index in [1.165, 1.54) is 21.9 Å². The van der Waals surface area contributed by atoms with Gasteiger partial charge in [-0.1, -0.05) is 6.42 Å². The van der Waals surface area contributed by atoms with Gasteiger partial charge in [-0.25, -0.2) is 4.98 Å². The summed E-state index contributed by atoms with van der Waals surface area (Å²) in [7, 11) is 0. The number of aliphatic hydroxyl groups is 1. The smallest absolute Gasteiger partial charge is 0.271 e. The molecule has 2 N–H and O–H groups in total. The van der Waals surface area contributed by atoms with E-state index in [-0.39, 0.29) is 35.6 Å². The maximum absolute atomic E-state index is 12.3. The number of hydrogen-bond acceptors (Lipinski definition) is 5. The highest BCUT2D eigenvalue weighted by atomic mass is 32.1. The largest absolute Gasteiger partial charge is 0.396 e. The molecule has 0 saturated heterocycles. The standard InChI is InChI=1S/C14H17N3O3S/c18-8-9-2-1-3-10(6-9)16-12(19)11-7-15-14-17(13(11)20)4-5-21-14/h4-5,7,9-10,18H,1-3,6,8H2,(H,16,19)/t9-,10-/m1/s1. The molecule has 2 aromatic rings. The minimum Gasteiger partial charge on any atom is -0.396 e. The molecule has 6 nitrogen and oxygen atoms in total. The van der Waals surface area contributed by atoms with Gasteiger partial charge in [0.2, 0.25) is 0 Å². The van der Waals surface area contributed by atoms with Gasteiger partial charge in [-0.15, -0.1) is 11.3 Å². The van der Waals surface area contributed by atoms with Gasteiger partial charge >= 0.3 is 0 Å². The van der Waals surface area contributed by atoms with Crippen LogP contribution in [-0.2, 0) is 0 Å². The molecule has 0 aromatic carbocycles. The number of carbonyl (C=O) groups excluding carboxylic acids is 1. The Hall–Kier alpha value is -1.73. The van der Waals surface area contributed by atoms with E-state index in [9.17, 15) is 14.7 Å². The molecular formula is C14H17N3O3S. The molecule has 112 valence electrons. The number of hydrogen-bond donors (Lipinski definition) is 2. The lowest BCUT2D eigenvalue weighted by Gasteiger charge is -2.28. The molecule has 21 heavy (non-hydrogen) atoms. The Balaban J connectivity index is 1.77. The van der Waals surface area contributed by atoms with Crippen molar-refractivity contribution in [1.29, 1.82) is 0 Å². The molecule has 3 rings (SSSR count). The second-order valence-electron chi connectivity index (χ2n) is 5.42. The second kappa shape index (κ2) is 5.95. The molecule has 1 saturated carbocycles. The Morgan fingerprint density at radius 3 is 3.19 bits per heavy atom. The fourth-order valence-corrected chi connectivity index (χ4v) is 3.51. The number of nitrogens with zero attached hydrogens (tertiary/aromatic N) is 2. The topological polar surface area (TPSA) is 83.7 Å². The minimum absolute atomic E-state index is 0.0194. The zero-order valence-electron chi connectivity index (χ0n) is 11.5. The summed E-state index contributed by atoms with van der Waals surface area (Å²) in [5.41, 5.74) is -0.273. The number of thiazole rings is 1. The average molecular weight is 307 g/mol.